The number of amides is 1. The fourth-order valence-corrected chi connectivity index (χ4v) is 7.21. The number of carbonyl (C=O) groups excluding carboxylic acids is 1. The van der Waals surface area contributed by atoms with Crippen molar-refractivity contribution in [1.29, 1.82) is 0 Å². The van der Waals surface area contributed by atoms with Crippen molar-refractivity contribution in [3.05, 3.63) is 60.0 Å². The zero-order chi connectivity index (χ0) is 31.5. The third-order valence-electron chi connectivity index (χ3n) is 8.91. The van der Waals surface area contributed by atoms with E-state index < -0.39 is 0 Å². The minimum absolute atomic E-state index is 0.0750. The average Bonchev–Trinajstić information content (AvgIpc) is 3.29. The van der Waals surface area contributed by atoms with E-state index in [9.17, 15) is 4.79 Å². The van der Waals surface area contributed by atoms with Gasteiger partial charge in [-0.05, 0) is 81.7 Å². The lowest BCUT2D eigenvalue weighted by Gasteiger charge is -2.36. The van der Waals surface area contributed by atoms with Crippen molar-refractivity contribution >= 4 is 35.4 Å². The third-order valence-corrected chi connectivity index (χ3v) is 9.63. The van der Waals surface area contributed by atoms with Crippen LogP contribution in [0.4, 0.5) is 17.6 Å². The molecule has 10 heteroatoms. The molecule has 5 heterocycles. The third kappa shape index (κ3) is 7.45. The van der Waals surface area contributed by atoms with Crippen LogP contribution in [-0.4, -0.2) is 57.1 Å². The molecule has 1 amide bonds. The quantitative estimate of drug-likeness (QED) is 0.254. The molecule has 0 aliphatic carbocycles. The van der Waals surface area contributed by atoms with E-state index >= 15 is 0 Å². The zero-order valence-corrected chi connectivity index (χ0v) is 28.1. The van der Waals surface area contributed by atoms with Crippen LogP contribution >= 0.6 is 11.9 Å². The van der Waals surface area contributed by atoms with E-state index in [1.165, 1.54) is 11.9 Å². The molecule has 2 aliphatic rings. The van der Waals surface area contributed by atoms with Gasteiger partial charge in [0.05, 0.1) is 5.56 Å². The van der Waals surface area contributed by atoms with Crippen molar-refractivity contribution in [2.45, 2.75) is 96.2 Å². The fourth-order valence-electron chi connectivity index (χ4n) is 6.61. The van der Waals surface area contributed by atoms with Gasteiger partial charge in [0.25, 0.3) is 5.91 Å². The Kier molecular flexibility index (Phi) is 9.68. The van der Waals surface area contributed by atoms with E-state index in [0.29, 0.717) is 23.4 Å². The van der Waals surface area contributed by atoms with Gasteiger partial charge < -0.3 is 15.1 Å². The van der Waals surface area contributed by atoms with Gasteiger partial charge >= 0.3 is 0 Å². The molecule has 2 fully saturated rings. The predicted octanol–water partition coefficient (Wildman–Crippen LogP) is 6.73. The van der Waals surface area contributed by atoms with E-state index in [1.54, 1.807) is 12.4 Å². The lowest BCUT2D eigenvalue weighted by molar-refractivity contribution is 0.0984. The van der Waals surface area contributed by atoms with Crippen LogP contribution in [-0.2, 0) is 5.41 Å². The molecule has 3 aromatic rings. The van der Waals surface area contributed by atoms with E-state index in [2.05, 4.69) is 78.3 Å². The number of hydrogen-bond donors (Lipinski definition) is 2. The van der Waals surface area contributed by atoms with Crippen LogP contribution in [0.25, 0.3) is 0 Å². The monoisotopic (exact) mass is 616 g/mol. The largest absolute Gasteiger partial charge is 0.367 e. The molecule has 0 radical (unpaired) electrons. The first kappa shape index (κ1) is 32.0. The van der Waals surface area contributed by atoms with Crippen molar-refractivity contribution in [2.75, 3.05) is 34.8 Å². The van der Waals surface area contributed by atoms with Gasteiger partial charge in [0.2, 0.25) is 5.95 Å². The molecule has 2 aliphatic heterocycles. The summed E-state index contributed by atoms with van der Waals surface area (Å²) in [6.07, 6.45) is 7.83. The topological polar surface area (TPSA) is 99.2 Å². The maximum Gasteiger partial charge on any atom is 0.265 e. The Hall–Kier alpha value is -3.40. The maximum absolute atomic E-state index is 13.6. The van der Waals surface area contributed by atoms with Gasteiger partial charge in [-0.25, -0.2) is 19.9 Å². The number of nitrogens with one attached hydrogen (secondary N) is 2. The number of rotatable bonds is 9. The first-order valence-corrected chi connectivity index (χ1v) is 16.8. The summed E-state index contributed by atoms with van der Waals surface area (Å²) in [7, 11) is 0. The summed E-state index contributed by atoms with van der Waals surface area (Å²) < 4.78 is 3.06. The van der Waals surface area contributed by atoms with E-state index in [4.69, 9.17) is 9.97 Å². The molecule has 0 saturated carbocycles. The van der Waals surface area contributed by atoms with Gasteiger partial charge in [-0.1, -0.05) is 40.7 Å². The average molecular weight is 617 g/mol. The lowest BCUT2D eigenvalue weighted by atomic mass is 9.88. The van der Waals surface area contributed by atoms with Gasteiger partial charge in [-0.15, -0.1) is 0 Å². The van der Waals surface area contributed by atoms with Gasteiger partial charge in [-0.3, -0.25) is 9.52 Å². The Labute approximate surface area is 267 Å². The molecule has 44 heavy (non-hydrogen) atoms. The number of hydrogen-bond acceptors (Lipinski definition) is 9. The van der Waals surface area contributed by atoms with Crippen LogP contribution in [0.2, 0.25) is 0 Å². The highest BCUT2D eigenvalue weighted by Gasteiger charge is 2.39. The fraction of sp³-hybridized carbons (Fsp3) is 0.559. The molecular weight excluding hydrogens is 568 g/mol. The summed E-state index contributed by atoms with van der Waals surface area (Å²) in [6, 6.07) is 12.0. The smallest absolute Gasteiger partial charge is 0.265 e. The van der Waals surface area contributed by atoms with E-state index in [0.717, 1.165) is 73.6 Å². The predicted molar refractivity (Wildman–Crippen MR) is 180 cm³/mol. The standard InChI is InChI=1S/C34H48N8OS/c1-8-26(24-15-19-41(20-16-24)32-35-17-10-18-36-32)37-28-11-9-12-29(39-28)44-40-31(43)25-13-14-27(33(3,4)5)38-30(25)42-22-23(2)21-34(42,6)7/h9-14,17-18,23-24,26H,8,15-16,19-22H2,1-7H3,(H,37,39)(H,40,43). The lowest BCUT2D eigenvalue weighted by Crippen LogP contribution is -2.41. The molecule has 0 bridgehead atoms. The number of nitrogens with zero attached hydrogens (tertiary/aromatic N) is 6. The summed E-state index contributed by atoms with van der Waals surface area (Å²) >= 11 is 1.25. The van der Waals surface area contributed by atoms with Crippen molar-refractivity contribution in [3.63, 3.8) is 0 Å². The van der Waals surface area contributed by atoms with Crippen LogP contribution in [0.5, 0.6) is 0 Å². The summed E-state index contributed by atoms with van der Waals surface area (Å²) in [6.45, 7) is 18.2. The first-order valence-electron chi connectivity index (χ1n) is 16.0. The highest BCUT2D eigenvalue weighted by Crippen LogP contribution is 2.38. The van der Waals surface area contributed by atoms with Crippen molar-refractivity contribution in [2.24, 2.45) is 11.8 Å². The van der Waals surface area contributed by atoms with Crippen molar-refractivity contribution in [3.8, 4) is 0 Å². The Morgan fingerprint density at radius 3 is 2.43 bits per heavy atom. The minimum atomic E-state index is -0.158. The molecular formula is C34H48N8OS. The Balaban J connectivity index is 1.24. The van der Waals surface area contributed by atoms with Crippen LogP contribution in [0.3, 0.4) is 0 Å². The van der Waals surface area contributed by atoms with Crippen LogP contribution in [0, 0.1) is 11.8 Å². The highest BCUT2D eigenvalue weighted by atomic mass is 32.2. The van der Waals surface area contributed by atoms with Crippen LogP contribution in [0.1, 0.15) is 90.2 Å². The molecule has 2 atom stereocenters. The number of anilines is 3. The van der Waals surface area contributed by atoms with Gasteiger partial charge in [0.1, 0.15) is 16.7 Å². The van der Waals surface area contributed by atoms with Crippen LogP contribution in [0.15, 0.2) is 53.8 Å². The number of piperidine rings is 1. The minimum Gasteiger partial charge on any atom is -0.367 e. The molecule has 0 aromatic carbocycles. The van der Waals surface area contributed by atoms with Gasteiger partial charge in [-0.2, -0.15) is 0 Å². The van der Waals surface area contributed by atoms with Crippen molar-refractivity contribution in [1.82, 2.24) is 24.7 Å². The normalized spacial score (nSPS) is 19.6. The zero-order valence-electron chi connectivity index (χ0n) is 27.3. The molecule has 2 unspecified atom stereocenters. The maximum atomic E-state index is 13.6. The second kappa shape index (κ2) is 13.3. The summed E-state index contributed by atoms with van der Waals surface area (Å²) in [5, 5.41) is 4.43. The SMILES string of the molecule is CCC(Nc1cccc(SNC(=O)c2ccc(C(C)(C)C)nc2N2CC(C)CC2(C)C)n1)C1CCN(c2ncccn2)CC1. The Morgan fingerprint density at radius 1 is 1.07 bits per heavy atom. The second-order valence-electron chi connectivity index (χ2n) is 14.0. The molecule has 3 aromatic heterocycles. The molecule has 236 valence electrons. The van der Waals surface area contributed by atoms with Gasteiger partial charge in [0, 0.05) is 66.7 Å². The van der Waals surface area contributed by atoms with Crippen molar-refractivity contribution < 1.29 is 4.79 Å². The highest BCUT2D eigenvalue weighted by molar-refractivity contribution is 7.97. The number of carbonyl (C=O) groups is 1. The van der Waals surface area contributed by atoms with Gasteiger partial charge in [0.15, 0.2) is 0 Å². The second-order valence-corrected chi connectivity index (χ2v) is 14.8. The Bertz CT molecular complexity index is 1420. The summed E-state index contributed by atoms with van der Waals surface area (Å²) in [5.74, 6) is 3.32. The molecule has 2 N–H and O–H groups in total. The molecule has 9 nitrogen and oxygen atoms in total. The van der Waals surface area contributed by atoms with Crippen LogP contribution < -0.4 is 19.8 Å². The number of aromatic nitrogens is 4. The molecule has 2 saturated heterocycles. The number of pyridine rings is 2. The summed E-state index contributed by atoms with van der Waals surface area (Å²) in [5.41, 5.74) is 1.39. The Morgan fingerprint density at radius 2 is 1.80 bits per heavy atom. The molecule has 0 spiro atoms. The summed E-state index contributed by atoms with van der Waals surface area (Å²) in [4.78, 5) is 37.0. The van der Waals surface area contributed by atoms with E-state index in [1.807, 2.05) is 36.4 Å². The van der Waals surface area contributed by atoms with E-state index in [-0.39, 0.29) is 16.9 Å². The first-order chi connectivity index (χ1) is 20.9. The molecule has 5 rings (SSSR count).